The van der Waals surface area contributed by atoms with Gasteiger partial charge in [0.05, 0.1) is 11.9 Å². The summed E-state index contributed by atoms with van der Waals surface area (Å²) in [6.07, 6.45) is 4.02. The number of aromatic amines is 1. The molecular weight excluding hydrogens is 412 g/mol. The second-order valence-electron chi connectivity index (χ2n) is 8.38. The Hall–Kier alpha value is -2.72. The number of thiophene rings is 1. The average Bonchev–Trinajstić information content (AvgIpc) is 3.44. The van der Waals surface area contributed by atoms with E-state index >= 15 is 0 Å². The fraction of sp³-hybridized carbons (Fsp3) is 0.524. The molecule has 5 heterocycles. The predicted molar refractivity (Wildman–Crippen MR) is 123 cm³/mol. The topological polar surface area (TPSA) is 111 Å². The number of carbonyl (C=O) groups is 1. The molecule has 10 heteroatoms. The number of piperidine rings is 1. The highest BCUT2D eigenvalue weighted by molar-refractivity contribution is 7.16. The number of aryl methyl sites for hydroxylation is 1. The highest BCUT2D eigenvalue weighted by Crippen LogP contribution is 2.37. The zero-order chi connectivity index (χ0) is 21.4. The van der Waals surface area contributed by atoms with Crippen LogP contribution in [0.5, 0.6) is 0 Å². The van der Waals surface area contributed by atoms with E-state index in [1.807, 2.05) is 31.4 Å². The average molecular weight is 441 g/mol. The number of amides is 1. The molecule has 2 bridgehead atoms. The minimum Gasteiger partial charge on any atom is -0.351 e. The largest absolute Gasteiger partial charge is 0.351 e. The van der Waals surface area contributed by atoms with Gasteiger partial charge < -0.3 is 20.9 Å². The molecular formula is C21H28N8OS. The van der Waals surface area contributed by atoms with Crippen LogP contribution in [-0.4, -0.2) is 62.2 Å². The highest BCUT2D eigenvalue weighted by Gasteiger charge is 2.43. The molecule has 3 aromatic heterocycles. The van der Waals surface area contributed by atoms with Gasteiger partial charge >= 0.3 is 0 Å². The van der Waals surface area contributed by atoms with Gasteiger partial charge in [-0.05, 0) is 50.6 Å². The Kier molecular flexibility index (Phi) is 5.49. The van der Waals surface area contributed by atoms with Crippen LogP contribution >= 0.6 is 11.3 Å². The molecule has 3 atom stereocenters. The lowest BCUT2D eigenvalue weighted by Crippen LogP contribution is -2.52. The van der Waals surface area contributed by atoms with Gasteiger partial charge in [-0.25, -0.2) is 4.98 Å². The molecule has 0 saturated carbocycles. The summed E-state index contributed by atoms with van der Waals surface area (Å²) in [6, 6.07) is 4.85. The number of nitrogens with one attached hydrogen (secondary N) is 4. The number of carbonyl (C=O) groups excluding carboxylic acids is 1. The van der Waals surface area contributed by atoms with E-state index < -0.39 is 0 Å². The van der Waals surface area contributed by atoms with Crippen molar-refractivity contribution in [3.05, 3.63) is 23.2 Å². The number of rotatable bonds is 7. The Labute approximate surface area is 185 Å². The van der Waals surface area contributed by atoms with Crippen molar-refractivity contribution in [3.63, 3.8) is 0 Å². The van der Waals surface area contributed by atoms with Crippen molar-refractivity contribution >= 4 is 45.0 Å². The monoisotopic (exact) mass is 440 g/mol. The van der Waals surface area contributed by atoms with Crippen LogP contribution in [0, 0.1) is 6.92 Å². The summed E-state index contributed by atoms with van der Waals surface area (Å²) in [5, 5.41) is 20.3. The van der Waals surface area contributed by atoms with E-state index in [1.54, 1.807) is 11.3 Å². The van der Waals surface area contributed by atoms with Gasteiger partial charge in [-0.3, -0.25) is 9.89 Å². The second-order valence-corrected chi connectivity index (χ2v) is 9.27. The van der Waals surface area contributed by atoms with Crippen molar-refractivity contribution in [2.75, 3.05) is 23.7 Å². The maximum atomic E-state index is 12.6. The Balaban J connectivity index is 1.32. The molecule has 4 N–H and O–H groups in total. The lowest BCUT2D eigenvalue weighted by molar-refractivity contribution is -0.134. The number of fused-ring (bicyclic) bond motifs is 3. The van der Waals surface area contributed by atoms with Crippen molar-refractivity contribution in [2.45, 2.75) is 57.7 Å². The minimum atomic E-state index is 0.227. The first kappa shape index (κ1) is 20.2. The third-order valence-electron chi connectivity index (χ3n) is 6.16. The minimum absolute atomic E-state index is 0.227. The summed E-state index contributed by atoms with van der Waals surface area (Å²) < 4.78 is 0. The van der Waals surface area contributed by atoms with Crippen molar-refractivity contribution in [2.24, 2.45) is 0 Å². The Morgan fingerprint density at radius 1 is 1.29 bits per heavy atom. The summed E-state index contributed by atoms with van der Waals surface area (Å²) >= 11 is 1.60. The van der Waals surface area contributed by atoms with Crippen molar-refractivity contribution in [1.29, 1.82) is 0 Å². The zero-order valence-electron chi connectivity index (χ0n) is 17.8. The van der Waals surface area contributed by atoms with Crippen LogP contribution in [0.15, 0.2) is 17.5 Å². The molecule has 2 fully saturated rings. The fourth-order valence-electron chi connectivity index (χ4n) is 4.83. The number of anilines is 3. The first-order valence-electron chi connectivity index (χ1n) is 10.9. The highest BCUT2D eigenvalue weighted by atomic mass is 32.1. The third kappa shape index (κ3) is 4.09. The Morgan fingerprint density at radius 3 is 2.81 bits per heavy atom. The summed E-state index contributed by atoms with van der Waals surface area (Å²) in [5.41, 5.74) is 0.988. The zero-order valence-corrected chi connectivity index (χ0v) is 18.6. The molecule has 0 aliphatic carbocycles. The number of likely N-dealkylation sites (N-methyl/N-ethyl adjacent to an activating group) is 1. The van der Waals surface area contributed by atoms with Crippen LogP contribution in [0.25, 0.3) is 10.2 Å². The van der Waals surface area contributed by atoms with E-state index in [0.29, 0.717) is 24.6 Å². The van der Waals surface area contributed by atoms with E-state index in [1.165, 1.54) is 0 Å². The van der Waals surface area contributed by atoms with E-state index in [0.717, 1.165) is 59.8 Å². The van der Waals surface area contributed by atoms with Crippen LogP contribution in [0.2, 0.25) is 0 Å². The Morgan fingerprint density at radius 2 is 2.10 bits per heavy atom. The molecule has 2 aliphatic heterocycles. The van der Waals surface area contributed by atoms with Crippen LogP contribution in [0.4, 0.5) is 17.6 Å². The third-order valence-corrected chi connectivity index (χ3v) is 6.96. The molecule has 3 aromatic rings. The van der Waals surface area contributed by atoms with Gasteiger partial charge in [-0.1, -0.05) is 6.92 Å². The van der Waals surface area contributed by atoms with Crippen LogP contribution in [0.3, 0.4) is 0 Å². The smallest absolute Gasteiger partial charge is 0.237 e. The first-order valence-corrected chi connectivity index (χ1v) is 11.8. The second kappa shape index (κ2) is 8.43. The first-order chi connectivity index (χ1) is 15.1. The van der Waals surface area contributed by atoms with Gasteiger partial charge in [0.15, 0.2) is 5.82 Å². The number of H-pyrrole nitrogens is 1. The number of nitrogens with zero attached hydrogens (tertiary/aromatic N) is 4. The van der Waals surface area contributed by atoms with Gasteiger partial charge in [-0.15, -0.1) is 11.3 Å². The summed E-state index contributed by atoms with van der Waals surface area (Å²) in [4.78, 5) is 25.2. The fourth-order valence-corrected chi connectivity index (χ4v) is 5.59. The molecule has 0 unspecified atom stereocenters. The van der Waals surface area contributed by atoms with Crippen molar-refractivity contribution in [3.8, 4) is 0 Å². The number of hydrogen-bond donors (Lipinski definition) is 4. The lowest BCUT2D eigenvalue weighted by atomic mass is 9.97. The maximum absolute atomic E-state index is 12.6. The molecule has 164 valence electrons. The molecule has 31 heavy (non-hydrogen) atoms. The maximum Gasteiger partial charge on any atom is 0.237 e. The van der Waals surface area contributed by atoms with Crippen LogP contribution in [0.1, 0.15) is 38.3 Å². The molecule has 1 amide bonds. The van der Waals surface area contributed by atoms with Crippen molar-refractivity contribution in [1.82, 2.24) is 30.4 Å². The molecule has 9 nitrogen and oxygen atoms in total. The standard InChI is InChI=1S/C21H28N8OS/c1-3-22-11-18(30)29-14-4-5-15(29)10-13(9-14)23-21-25-19(16-6-7-31-20(16)26-21)24-17-8-12(2)27-28-17/h6-8,13-15,22H,3-5,9-11H2,1-2H3,(H3,23,24,25,26,27,28)/t13-,14-,15+. The van der Waals surface area contributed by atoms with Crippen molar-refractivity contribution < 1.29 is 4.79 Å². The summed E-state index contributed by atoms with van der Waals surface area (Å²) in [7, 11) is 0. The molecule has 0 radical (unpaired) electrons. The number of aromatic nitrogens is 4. The van der Waals surface area contributed by atoms with E-state index in [-0.39, 0.29) is 11.9 Å². The SMILES string of the molecule is CCNCC(=O)N1[C@@H]2CC[C@H]1C[C@H](Nc1nc(Nc3cc(C)[nH]n3)c3ccsc3n1)C2. The van der Waals surface area contributed by atoms with E-state index in [4.69, 9.17) is 9.97 Å². The molecule has 0 aromatic carbocycles. The molecule has 2 saturated heterocycles. The molecule has 2 aliphatic rings. The Bertz CT molecular complexity index is 1060. The lowest BCUT2D eigenvalue weighted by Gasteiger charge is -2.39. The van der Waals surface area contributed by atoms with Crippen LogP contribution < -0.4 is 16.0 Å². The van der Waals surface area contributed by atoms with Gasteiger partial charge in [0, 0.05) is 29.9 Å². The van der Waals surface area contributed by atoms with Gasteiger partial charge in [0.2, 0.25) is 11.9 Å². The van der Waals surface area contributed by atoms with Crippen LogP contribution in [-0.2, 0) is 4.79 Å². The van der Waals surface area contributed by atoms with Gasteiger partial charge in [0.1, 0.15) is 10.6 Å². The predicted octanol–water partition coefficient (Wildman–Crippen LogP) is 3.01. The quantitative estimate of drug-likeness (QED) is 0.447. The van der Waals surface area contributed by atoms with E-state index in [2.05, 4.69) is 31.0 Å². The number of hydrogen-bond acceptors (Lipinski definition) is 8. The summed E-state index contributed by atoms with van der Waals surface area (Å²) in [5.74, 6) is 2.34. The van der Waals surface area contributed by atoms with Gasteiger partial charge in [0.25, 0.3) is 0 Å². The normalized spacial score (nSPS) is 22.8. The summed E-state index contributed by atoms with van der Waals surface area (Å²) in [6.45, 7) is 5.24. The van der Waals surface area contributed by atoms with Gasteiger partial charge in [-0.2, -0.15) is 10.1 Å². The molecule has 5 rings (SSSR count). The van der Waals surface area contributed by atoms with E-state index in [9.17, 15) is 4.79 Å². The molecule has 0 spiro atoms.